The van der Waals surface area contributed by atoms with Crippen LogP contribution in [0.3, 0.4) is 0 Å². The van der Waals surface area contributed by atoms with E-state index in [-0.39, 0.29) is 5.78 Å². The van der Waals surface area contributed by atoms with Gasteiger partial charge in [-0.05, 0) is 47.4 Å². The number of rotatable bonds is 6. The maximum absolute atomic E-state index is 11.9. The van der Waals surface area contributed by atoms with Crippen molar-refractivity contribution in [3.05, 3.63) is 77.4 Å². The molecule has 2 aromatic rings. The Labute approximate surface area is 138 Å². The first-order valence-electron chi connectivity index (χ1n) is 7.85. The SMILES string of the molecule is CCc1cccc(/C=C/C(=O)/C=C/c2ccc(N(C)C)cc2)c1. The van der Waals surface area contributed by atoms with Gasteiger partial charge in [0.2, 0.25) is 0 Å². The van der Waals surface area contributed by atoms with Gasteiger partial charge in [-0.2, -0.15) is 0 Å². The van der Waals surface area contributed by atoms with Crippen molar-refractivity contribution in [2.45, 2.75) is 13.3 Å². The Morgan fingerprint density at radius 3 is 2.22 bits per heavy atom. The lowest BCUT2D eigenvalue weighted by Crippen LogP contribution is -2.07. The van der Waals surface area contributed by atoms with Gasteiger partial charge in [-0.3, -0.25) is 4.79 Å². The van der Waals surface area contributed by atoms with Crippen LogP contribution in [0.4, 0.5) is 5.69 Å². The van der Waals surface area contributed by atoms with Crippen LogP contribution < -0.4 is 4.90 Å². The van der Waals surface area contributed by atoms with Gasteiger partial charge in [0.05, 0.1) is 0 Å². The van der Waals surface area contributed by atoms with Gasteiger partial charge in [0.25, 0.3) is 0 Å². The molecule has 0 aliphatic rings. The molecule has 0 unspecified atom stereocenters. The zero-order valence-corrected chi connectivity index (χ0v) is 14.0. The van der Waals surface area contributed by atoms with E-state index in [9.17, 15) is 4.79 Å². The quantitative estimate of drug-likeness (QED) is 0.726. The number of benzene rings is 2. The fourth-order valence-electron chi connectivity index (χ4n) is 2.21. The lowest BCUT2D eigenvalue weighted by Gasteiger charge is -2.11. The third-order valence-electron chi connectivity index (χ3n) is 3.65. The summed E-state index contributed by atoms with van der Waals surface area (Å²) in [5, 5.41) is 0. The van der Waals surface area contributed by atoms with Crippen molar-refractivity contribution in [1.29, 1.82) is 0 Å². The summed E-state index contributed by atoms with van der Waals surface area (Å²) in [5.74, 6) is -0.0106. The second-order valence-electron chi connectivity index (χ2n) is 5.65. The molecule has 0 bridgehead atoms. The van der Waals surface area contributed by atoms with Crippen molar-refractivity contribution < 1.29 is 4.79 Å². The van der Waals surface area contributed by atoms with Gasteiger partial charge < -0.3 is 4.90 Å². The van der Waals surface area contributed by atoms with Crippen molar-refractivity contribution in [3.63, 3.8) is 0 Å². The van der Waals surface area contributed by atoms with Crippen molar-refractivity contribution in [3.8, 4) is 0 Å². The molecule has 2 nitrogen and oxygen atoms in total. The minimum atomic E-state index is -0.0106. The Morgan fingerprint density at radius 2 is 1.61 bits per heavy atom. The Hall–Kier alpha value is -2.61. The molecule has 0 atom stereocenters. The standard InChI is InChI=1S/C21H23NO/c1-4-17-6-5-7-19(16-17)11-15-21(23)14-10-18-8-12-20(13-9-18)22(2)3/h5-16H,4H2,1-3H3/b14-10+,15-11+. The second-order valence-corrected chi connectivity index (χ2v) is 5.65. The third kappa shape index (κ3) is 5.26. The molecule has 23 heavy (non-hydrogen) atoms. The molecule has 0 fully saturated rings. The van der Waals surface area contributed by atoms with Crippen LogP contribution in [0.25, 0.3) is 12.2 Å². The summed E-state index contributed by atoms with van der Waals surface area (Å²) >= 11 is 0. The maximum Gasteiger partial charge on any atom is 0.178 e. The second kappa shape index (κ2) is 8.14. The van der Waals surface area contributed by atoms with E-state index >= 15 is 0 Å². The van der Waals surface area contributed by atoms with Crippen LogP contribution >= 0.6 is 0 Å². The first-order chi connectivity index (χ1) is 11.1. The lowest BCUT2D eigenvalue weighted by molar-refractivity contribution is -0.110. The predicted octanol–water partition coefficient (Wildman–Crippen LogP) is 4.61. The molecule has 0 heterocycles. The topological polar surface area (TPSA) is 20.3 Å². The molecule has 0 radical (unpaired) electrons. The fourth-order valence-corrected chi connectivity index (χ4v) is 2.21. The molecule has 0 aliphatic heterocycles. The van der Waals surface area contributed by atoms with Gasteiger partial charge in [0.1, 0.15) is 0 Å². The smallest absolute Gasteiger partial charge is 0.178 e. The zero-order chi connectivity index (χ0) is 16.7. The van der Waals surface area contributed by atoms with Crippen LogP contribution in [0.5, 0.6) is 0 Å². The summed E-state index contributed by atoms with van der Waals surface area (Å²) in [6, 6.07) is 16.3. The minimum Gasteiger partial charge on any atom is -0.378 e. The molecule has 0 aromatic heterocycles. The highest BCUT2D eigenvalue weighted by Gasteiger charge is 1.95. The molecular formula is C21H23NO. The number of nitrogens with zero attached hydrogens (tertiary/aromatic N) is 1. The van der Waals surface area contributed by atoms with Crippen LogP contribution in [-0.2, 0) is 11.2 Å². The number of hydrogen-bond acceptors (Lipinski definition) is 2. The third-order valence-corrected chi connectivity index (χ3v) is 3.65. The summed E-state index contributed by atoms with van der Waals surface area (Å²) in [6.07, 6.45) is 7.92. The number of carbonyl (C=O) groups excluding carboxylic acids is 1. The van der Waals surface area contributed by atoms with Gasteiger partial charge >= 0.3 is 0 Å². The highest BCUT2D eigenvalue weighted by Crippen LogP contribution is 2.13. The summed E-state index contributed by atoms with van der Waals surface area (Å²) < 4.78 is 0. The van der Waals surface area contributed by atoms with Crippen LogP contribution in [-0.4, -0.2) is 19.9 Å². The maximum atomic E-state index is 11.9. The molecule has 0 saturated carbocycles. The summed E-state index contributed by atoms with van der Waals surface area (Å²) in [6.45, 7) is 2.12. The molecule has 118 valence electrons. The molecular weight excluding hydrogens is 282 g/mol. The van der Waals surface area contributed by atoms with Crippen molar-refractivity contribution >= 4 is 23.6 Å². The monoisotopic (exact) mass is 305 g/mol. The number of anilines is 1. The molecule has 0 aliphatic carbocycles. The molecule has 2 rings (SSSR count). The lowest BCUT2D eigenvalue weighted by atomic mass is 10.1. The van der Waals surface area contributed by atoms with E-state index in [4.69, 9.17) is 0 Å². The number of aryl methyl sites for hydroxylation is 1. The van der Waals surface area contributed by atoms with Gasteiger partial charge in [0, 0.05) is 19.8 Å². The average molecular weight is 305 g/mol. The number of carbonyl (C=O) groups is 1. The van der Waals surface area contributed by atoms with Gasteiger partial charge in [-0.25, -0.2) is 0 Å². The Morgan fingerprint density at radius 1 is 0.957 bits per heavy atom. The van der Waals surface area contributed by atoms with E-state index in [0.717, 1.165) is 23.2 Å². The van der Waals surface area contributed by atoms with Crippen LogP contribution in [0.2, 0.25) is 0 Å². The zero-order valence-electron chi connectivity index (χ0n) is 14.0. The molecule has 2 heteroatoms. The molecule has 0 N–H and O–H groups in total. The summed E-state index contributed by atoms with van der Waals surface area (Å²) in [4.78, 5) is 14.0. The summed E-state index contributed by atoms with van der Waals surface area (Å²) in [7, 11) is 4.01. The van der Waals surface area contributed by atoms with E-state index in [2.05, 4.69) is 19.1 Å². The van der Waals surface area contributed by atoms with Gasteiger partial charge in [0.15, 0.2) is 5.78 Å². The highest BCUT2D eigenvalue weighted by atomic mass is 16.1. The molecule has 2 aromatic carbocycles. The minimum absolute atomic E-state index is 0.0106. The van der Waals surface area contributed by atoms with E-state index in [1.165, 1.54) is 5.56 Å². The molecule has 0 amide bonds. The predicted molar refractivity (Wildman–Crippen MR) is 99.7 cm³/mol. The Balaban J connectivity index is 1.99. The Kier molecular flexibility index (Phi) is 5.93. The van der Waals surface area contributed by atoms with Crippen LogP contribution in [0.1, 0.15) is 23.6 Å². The molecule has 0 spiro atoms. The average Bonchev–Trinajstić information content (AvgIpc) is 2.58. The first kappa shape index (κ1) is 16.8. The van der Waals surface area contributed by atoms with Crippen molar-refractivity contribution in [2.24, 2.45) is 0 Å². The number of ketones is 1. The van der Waals surface area contributed by atoms with Crippen LogP contribution in [0, 0.1) is 0 Å². The highest BCUT2D eigenvalue weighted by molar-refractivity contribution is 6.04. The largest absolute Gasteiger partial charge is 0.378 e. The van der Waals surface area contributed by atoms with Gasteiger partial charge in [-0.1, -0.05) is 55.5 Å². The normalized spacial score (nSPS) is 11.3. The van der Waals surface area contributed by atoms with E-state index in [0.29, 0.717) is 0 Å². The Bertz CT molecular complexity index is 709. The van der Waals surface area contributed by atoms with Crippen LogP contribution in [0.15, 0.2) is 60.7 Å². The first-order valence-corrected chi connectivity index (χ1v) is 7.85. The van der Waals surface area contributed by atoms with Crippen molar-refractivity contribution in [2.75, 3.05) is 19.0 Å². The summed E-state index contributed by atoms with van der Waals surface area (Å²) in [5.41, 5.74) is 4.49. The number of hydrogen-bond donors (Lipinski definition) is 0. The number of allylic oxidation sites excluding steroid dienone is 2. The van der Waals surface area contributed by atoms with E-state index in [1.54, 1.807) is 12.2 Å². The van der Waals surface area contributed by atoms with Gasteiger partial charge in [-0.15, -0.1) is 0 Å². The molecule has 0 saturated heterocycles. The van der Waals surface area contributed by atoms with E-state index in [1.807, 2.05) is 67.5 Å². The van der Waals surface area contributed by atoms with Crippen molar-refractivity contribution in [1.82, 2.24) is 0 Å². The van der Waals surface area contributed by atoms with E-state index < -0.39 is 0 Å². The fraction of sp³-hybridized carbons (Fsp3) is 0.190.